The van der Waals surface area contributed by atoms with E-state index in [1.807, 2.05) is 12.5 Å². The number of imidazole rings is 1. The molecule has 2 unspecified atom stereocenters. The van der Waals surface area contributed by atoms with E-state index in [-0.39, 0.29) is 5.41 Å². The van der Waals surface area contributed by atoms with Crippen molar-refractivity contribution in [2.45, 2.75) is 50.7 Å². The van der Waals surface area contributed by atoms with Crippen molar-refractivity contribution in [1.29, 1.82) is 0 Å². The number of hydrogen-bond donors (Lipinski definition) is 1. The molecule has 0 saturated carbocycles. The van der Waals surface area contributed by atoms with E-state index in [4.69, 9.17) is 4.74 Å². The first-order valence-electron chi connectivity index (χ1n) is 7.11. The molecule has 0 aliphatic carbocycles. The molecule has 100 valence electrons. The van der Waals surface area contributed by atoms with Crippen LogP contribution >= 0.6 is 0 Å². The monoisotopic (exact) mass is 249 g/mol. The normalized spacial score (nSPS) is 32.2. The van der Waals surface area contributed by atoms with Crippen molar-refractivity contribution in [3.63, 3.8) is 0 Å². The molecule has 2 atom stereocenters. The maximum Gasteiger partial charge on any atom is 0.0948 e. The third-order valence-corrected chi connectivity index (χ3v) is 4.42. The Morgan fingerprint density at radius 1 is 1.61 bits per heavy atom. The Morgan fingerprint density at radius 3 is 3.28 bits per heavy atom. The zero-order chi connectivity index (χ0) is 12.4. The van der Waals surface area contributed by atoms with Crippen LogP contribution in [0.25, 0.3) is 0 Å². The van der Waals surface area contributed by atoms with Gasteiger partial charge >= 0.3 is 0 Å². The minimum atomic E-state index is 0.257. The summed E-state index contributed by atoms with van der Waals surface area (Å²) in [7, 11) is 0. The first kappa shape index (κ1) is 12.2. The summed E-state index contributed by atoms with van der Waals surface area (Å²) in [4.78, 5) is 4.35. The van der Waals surface area contributed by atoms with Crippen molar-refractivity contribution >= 4 is 0 Å². The Kier molecular flexibility index (Phi) is 3.39. The van der Waals surface area contributed by atoms with Gasteiger partial charge in [-0.1, -0.05) is 6.92 Å². The molecule has 0 bridgehead atoms. The third-order valence-electron chi connectivity index (χ3n) is 4.42. The third kappa shape index (κ3) is 2.31. The van der Waals surface area contributed by atoms with Crippen LogP contribution in [0.1, 0.15) is 38.3 Å². The van der Waals surface area contributed by atoms with Crippen LogP contribution in [0.5, 0.6) is 0 Å². The number of nitrogens with zero attached hydrogens (tertiary/aromatic N) is 2. The Bertz CT molecular complexity index is 389. The largest absolute Gasteiger partial charge is 0.378 e. The summed E-state index contributed by atoms with van der Waals surface area (Å²) in [6.45, 7) is 6.51. The molecular formula is C14H23N3O. The Balaban J connectivity index is 1.67. The molecule has 0 amide bonds. The van der Waals surface area contributed by atoms with Gasteiger partial charge in [0.2, 0.25) is 0 Å². The van der Waals surface area contributed by atoms with Crippen LogP contribution in [0.4, 0.5) is 0 Å². The van der Waals surface area contributed by atoms with Gasteiger partial charge in [-0.15, -0.1) is 0 Å². The van der Waals surface area contributed by atoms with E-state index in [1.165, 1.54) is 25.0 Å². The lowest BCUT2D eigenvalue weighted by molar-refractivity contribution is 0.0999. The average molecular weight is 249 g/mol. The number of aromatic nitrogens is 2. The highest BCUT2D eigenvalue weighted by Crippen LogP contribution is 2.30. The van der Waals surface area contributed by atoms with E-state index in [2.05, 4.69) is 21.8 Å². The highest BCUT2D eigenvalue weighted by Gasteiger charge is 2.33. The topological polar surface area (TPSA) is 39.1 Å². The van der Waals surface area contributed by atoms with Gasteiger partial charge in [-0.05, 0) is 32.2 Å². The van der Waals surface area contributed by atoms with Gasteiger partial charge < -0.3 is 14.6 Å². The molecule has 4 heteroatoms. The van der Waals surface area contributed by atoms with Crippen LogP contribution in [0.15, 0.2) is 12.5 Å². The molecule has 0 aromatic carbocycles. The van der Waals surface area contributed by atoms with Crippen LogP contribution in [0.3, 0.4) is 0 Å². The van der Waals surface area contributed by atoms with E-state index < -0.39 is 0 Å². The summed E-state index contributed by atoms with van der Waals surface area (Å²) in [6, 6.07) is 0. The second-order valence-electron chi connectivity index (χ2n) is 5.88. The van der Waals surface area contributed by atoms with E-state index in [1.54, 1.807) is 0 Å². The van der Waals surface area contributed by atoms with Gasteiger partial charge in [0, 0.05) is 37.0 Å². The minimum Gasteiger partial charge on any atom is -0.378 e. The van der Waals surface area contributed by atoms with Crippen molar-refractivity contribution in [3.8, 4) is 0 Å². The second kappa shape index (κ2) is 5.02. The number of aryl methyl sites for hydroxylation is 1. The molecule has 0 radical (unpaired) electrons. The highest BCUT2D eigenvalue weighted by molar-refractivity contribution is 5.17. The van der Waals surface area contributed by atoms with Gasteiger partial charge in [0.25, 0.3) is 0 Å². The maximum absolute atomic E-state index is 5.70. The Hall–Kier alpha value is -0.870. The lowest BCUT2D eigenvalue weighted by Crippen LogP contribution is -2.28. The molecule has 1 aromatic heterocycles. The lowest BCUT2D eigenvalue weighted by Gasteiger charge is -2.24. The fraction of sp³-hybridized carbons (Fsp3) is 0.786. The second-order valence-corrected chi connectivity index (χ2v) is 5.88. The lowest BCUT2D eigenvalue weighted by atomic mass is 9.86. The van der Waals surface area contributed by atoms with Gasteiger partial charge in [-0.25, -0.2) is 4.98 Å². The van der Waals surface area contributed by atoms with Gasteiger partial charge in [-0.3, -0.25) is 0 Å². The molecule has 3 rings (SSSR count). The molecule has 2 fully saturated rings. The van der Waals surface area contributed by atoms with E-state index in [0.29, 0.717) is 6.10 Å². The summed E-state index contributed by atoms with van der Waals surface area (Å²) in [5.41, 5.74) is 1.64. The zero-order valence-electron chi connectivity index (χ0n) is 11.2. The van der Waals surface area contributed by atoms with Crippen LogP contribution in [0.2, 0.25) is 0 Å². The molecule has 2 aliphatic heterocycles. The van der Waals surface area contributed by atoms with E-state index in [9.17, 15) is 0 Å². The summed E-state index contributed by atoms with van der Waals surface area (Å²) in [5.74, 6) is 0. The SMILES string of the molecule is CC1(c2cncn2CCC2CCCO2)CCNC1. The minimum absolute atomic E-state index is 0.257. The Labute approximate surface area is 109 Å². The number of nitrogens with one attached hydrogen (secondary N) is 1. The number of rotatable bonds is 4. The zero-order valence-corrected chi connectivity index (χ0v) is 11.2. The number of hydrogen-bond acceptors (Lipinski definition) is 3. The van der Waals surface area contributed by atoms with Crippen LogP contribution in [-0.2, 0) is 16.7 Å². The van der Waals surface area contributed by atoms with Gasteiger partial charge in [-0.2, -0.15) is 0 Å². The molecule has 4 nitrogen and oxygen atoms in total. The molecule has 3 heterocycles. The summed E-state index contributed by atoms with van der Waals surface area (Å²) < 4.78 is 8.02. The fourth-order valence-corrected chi connectivity index (χ4v) is 3.19. The van der Waals surface area contributed by atoms with Crippen LogP contribution in [0, 0.1) is 0 Å². The van der Waals surface area contributed by atoms with Crippen molar-refractivity contribution in [2.75, 3.05) is 19.7 Å². The van der Waals surface area contributed by atoms with Gasteiger partial charge in [0.05, 0.1) is 12.4 Å². The first-order chi connectivity index (χ1) is 8.78. The quantitative estimate of drug-likeness (QED) is 0.883. The Morgan fingerprint density at radius 2 is 2.56 bits per heavy atom. The van der Waals surface area contributed by atoms with Crippen LogP contribution in [-0.4, -0.2) is 35.4 Å². The van der Waals surface area contributed by atoms with Crippen molar-refractivity contribution in [3.05, 3.63) is 18.2 Å². The number of ether oxygens (including phenoxy) is 1. The smallest absolute Gasteiger partial charge is 0.0948 e. The standard InChI is InChI=1S/C14H23N3O/c1-14(5-6-15-10-14)13-9-16-11-17(13)7-4-12-3-2-8-18-12/h9,11-12,15H,2-8,10H2,1H3. The van der Waals surface area contributed by atoms with Gasteiger partial charge in [0.15, 0.2) is 0 Å². The summed E-state index contributed by atoms with van der Waals surface area (Å²) in [5, 5.41) is 3.46. The molecular weight excluding hydrogens is 226 g/mol. The van der Waals surface area contributed by atoms with E-state index in [0.717, 1.165) is 32.7 Å². The van der Waals surface area contributed by atoms with Crippen LogP contribution < -0.4 is 5.32 Å². The van der Waals surface area contributed by atoms with Crippen molar-refractivity contribution in [2.24, 2.45) is 0 Å². The van der Waals surface area contributed by atoms with Crippen molar-refractivity contribution < 1.29 is 4.74 Å². The highest BCUT2D eigenvalue weighted by atomic mass is 16.5. The maximum atomic E-state index is 5.70. The summed E-state index contributed by atoms with van der Waals surface area (Å²) in [6.07, 6.45) is 9.27. The molecule has 0 spiro atoms. The first-order valence-corrected chi connectivity index (χ1v) is 7.11. The fourth-order valence-electron chi connectivity index (χ4n) is 3.19. The summed E-state index contributed by atoms with van der Waals surface area (Å²) >= 11 is 0. The average Bonchev–Trinajstić information content (AvgIpc) is 3.08. The van der Waals surface area contributed by atoms with E-state index >= 15 is 0 Å². The predicted molar refractivity (Wildman–Crippen MR) is 70.7 cm³/mol. The predicted octanol–water partition coefficient (Wildman–Crippen LogP) is 1.70. The molecule has 1 aromatic rings. The molecule has 2 aliphatic rings. The van der Waals surface area contributed by atoms with Crippen molar-refractivity contribution in [1.82, 2.24) is 14.9 Å². The van der Waals surface area contributed by atoms with Gasteiger partial charge in [0.1, 0.15) is 0 Å². The molecule has 18 heavy (non-hydrogen) atoms. The molecule has 1 N–H and O–H groups in total. The molecule has 2 saturated heterocycles.